The second-order valence-corrected chi connectivity index (χ2v) is 4.14. The number of nitriles is 1. The second kappa shape index (κ2) is 4.88. The topological polar surface area (TPSA) is 73.2 Å². The molecular weight excluding hydrogens is 230 g/mol. The van der Waals surface area contributed by atoms with Crippen molar-refractivity contribution in [3.63, 3.8) is 0 Å². The van der Waals surface area contributed by atoms with Crippen LogP contribution in [0.25, 0.3) is 0 Å². The number of hydrogen-bond acceptors (Lipinski definition) is 3. The largest absolute Gasteiger partial charge is 0.342 e. The van der Waals surface area contributed by atoms with Crippen LogP contribution in [-0.2, 0) is 9.59 Å². The van der Waals surface area contributed by atoms with E-state index in [0.29, 0.717) is 0 Å². The van der Waals surface area contributed by atoms with Crippen molar-refractivity contribution in [2.24, 2.45) is 0 Å². The normalized spacial score (nSPS) is 17.9. The average Bonchev–Trinajstić information content (AvgIpc) is 2.40. The molecule has 1 aromatic carbocycles. The van der Waals surface area contributed by atoms with E-state index >= 15 is 0 Å². The molecule has 1 heterocycles. The summed E-state index contributed by atoms with van der Waals surface area (Å²) in [5.41, 5.74) is 1.58. The molecule has 0 aromatic heterocycles. The van der Waals surface area contributed by atoms with E-state index in [0.717, 1.165) is 11.3 Å². The van der Waals surface area contributed by atoms with Gasteiger partial charge in [-0.25, -0.2) is 0 Å². The fourth-order valence-electron chi connectivity index (χ4n) is 2.13. The lowest BCUT2D eigenvalue weighted by Crippen LogP contribution is -2.39. The number of anilines is 1. The molecule has 1 N–H and O–H groups in total. The third-order valence-electron chi connectivity index (χ3n) is 3.08. The van der Waals surface area contributed by atoms with Gasteiger partial charge in [0.25, 0.3) is 0 Å². The summed E-state index contributed by atoms with van der Waals surface area (Å²) in [7, 11) is 1.70. The van der Waals surface area contributed by atoms with Crippen LogP contribution >= 0.6 is 0 Å². The molecule has 2 rings (SSSR count). The van der Waals surface area contributed by atoms with Crippen LogP contribution in [0.3, 0.4) is 0 Å². The van der Waals surface area contributed by atoms with Crippen molar-refractivity contribution in [3.8, 4) is 6.07 Å². The Morgan fingerprint density at radius 2 is 2.28 bits per heavy atom. The summed E-state index contributed by atoms with van der Waals surface area (Å²) in [4.78, 5) is 25.3. The fourth-order valence-corrected chi connectivity index (χ4v) is 2.13. The van der Waals surface area contributed by atoms with Crippen molar-refractivity contribution in [2.45, 2.75) is 12.3 Å². The van der Waals surface area contributed by atoms with Crippen molar-refractivity contribution in [2.75, 3.05) is 18.5 Å². The van der Waals surface area contributed by atoms with E-state index in [1.54, 1.807) is 11.9 Å². The highest BCUT2D eigenvalue weighted by Crippen LogP contribution is 2.34. The fraction of sp³-hybridized carbons (Fsp3) is 0.308. The number of hydrogen-bond donors (Lipinski definition) is 1. The maximum Gasteiger partial charge on any atom is 0.228 e. The number of nitrogens with one attached hydrogen (secondary N) is 1. The van der Waals surface area contributed by atoms with Gasteiger partial charge in [0.05, 0.1) is 12.0 Å². The van der Waals surface area contributed by atoms with Crippen molar-refractivity contribution in [1.29, 1.82) is 5.26 Å². The Kier molecular flexibility index (Phi) is 3.28. The lowest BCUT2D eigenvalue weighted by molar-refractivity contribution is -0.127. The lowest BCUT2D eigenvalue weighted by Gasteiger charge is -2.30. The number of amides is 2. The first-order chi connectivity index (χ1) is 8.65. The monoisotopic (exact) mass is 243 g/mol. The minimum Gasteiger partial charge on any atom is -0.342 e. The summed E-state index contributed by atoms with van der Waals surface area (Å²) in [6.07, 6.45) is 0.144. The molecule has 0 aliphatic carbocycles. The summed E-state index contributed by atoms with van der Waals surface area (Å²) in [5, 5.41) is 11.0. The van der Waals surface area contributed by atoms with E-state index in [1.165, 1.54) is 0 Å². The highest BCUT2D eigenvalue weighted by molar-refractivity contribution is 6.02. The number of para-hydroxylation sites is 1. The van der Waals surface area contributed by atoms with Gasteiger partial charge in [0.2, 0.25) is 11.8 Å². The molecule has 0 radical (unpaired) electrons. The molecule has 1 aliphatic heterocycles. The number of fused-ring (bicyclic) bond motifs is 1. The van der Waals surface area contributed by atoms with Crippen molar-refractivity contribution in [3.05, 3.63) is 29.8 Å². The molecule has 18 heavy (non-hydrogen) atoms. The number of carbonyl (C=O) groups excluding carboxylic acids is 2. The van der Waals surface area contributed by atoms with Crippen LogP contribution in [0, 0.1) is 11.3 Å². The van der Waals surface area contributed by atoms with E-state index in [2.05, 4.69) is 5.32 Å². The zero-order valence-corrected chi connectivity index (χ0v) is 10.0. The van der Waals surface area contributed by atoms with Gasteiger partial charge >= 0.3 is 0 Å². The van der Waals surface area contributed by atoms with Gasteiger partial charge < -0.3 is 10.2 Å². The Balaban J connectivity index is 2.33. The molecule has 5 heteroatoms. The molecule has 0 fully saturated rings. The van der Waals surface area contributed by atoms with Gasteiger partial charge in [-0.15, -0.1) is 0 Å². The quantitative estimate of drug-likeness (QED) is 0.780. The molecule has 1 atom stereocenters. The Bertz CT molecular complexity index is 533. The number of rotatable bonds is 2. The number of benzene rings is 1. The molecule has 1 aromatic rings. The van der Waals surface area contributed by atoms with Crippen LogP contribution < -0.4 is 10.2 Å². The molecule has 0 saturated heterocycles. The van der Waals surface area contributed by atoms with Crippen LogP contribution in [0.2, 0.25) is 0 Å². The molecular formula is C13H13N3O2. The Morgan fingerprint density at radius 1 is 1.56 bits per heavy atom. The lowest BCUT2D eigenvalue weighted by atomic mass is 9.89. The summed E-state index contributed by atoms with van der Waals surface area (Å²) in [6.45, 7) is -0.0401. The SMILES string of the molecule is CN1C(=O)CC(C(=O)NCC#N)c2ccccc21. The van der Waals surface area contributed by atoms with Crippen molar-refractivity contribution < 1.29 is 9.59 Å². The van der Waals surface area contributed by atoms with Gasteiger partial charge in [0.1, 0.15) is 6.54 Å². The zero-order valence-electron chi connectivity index (χ0n) is 10.0. The first-order valence-electron chi connectivity index (χ1n) is 5.65. The summed E-state index contributed by atoms with van der Waals surface area (Å²) >= 11 is 0. The Morgan fingerprint density at radius 3 is 3.00 bits per heavy atom. The average molecular weight is 243 g/mol. The standard InChI is InChI=1S/C13H13N3O2/c1-16-11-5-3-2-4-9(11)10(8-12(16)17)13(18)15-7-6-14/h2-5,10H,7-8H2,1H3,(H,15,18). The maximum absolute atomic E-state index is 11.9. The van der Waals surface area contributed by atoms with E-state index < -0.39 is 5.92 Å². The summed E-state index contributed by atoms with van der Waals surface area (Å²) in [5.74, 6) is -0.866. The minimum atomic E-state index is -0.502. The molecule has 0 saturated carbocycles. The third kappa shape index (κ3) is 2.05. The van der Waals surface area contributed by atoms with Crippen LogP contribution in [0.15, 0.2) is 24.3 Å². The van der Waals surface area contributed by atoms with Gasteiger partial charge in [0.15, 0.2) is 0 Å². The van der Waals surface area contributed by atoms with Crippen molar-refractivity contribution >= 4 is 17.5 Å². The highest BCUT2D eigenvalue weighted by Gasteiger charge is 2.33. The Hall–Kier alpha value is -2.35. The van der Waals surface area contributed by atoms with E-state index in [4.69, 9.17) is 5.26 Å². The molecule has 5 nitrogen and oxygen atoms in total. The summed E-state index contributed by atoms with van der Waals surface area (Å²) < 4.78 is 0. The molecule has 1 unspecified atom stereocenters. The zero-order chi connectivity index (χ0) is 13.1. The smallest absolute Gasteiger partial charge is 0.228 e. The predicted molar refractivity (Wildman–Crippen MR) is 65.8 cm³/mol. The second-order valence-electron chi connectivity index (χ2n) is 4.14. The van der Waals surface area contributed by atoms with Gasteiger partial charge in [0, 0.05) is 19.2 Å². The first kappa shape index (κ1) is 12.1. The van der Waals surface area contributed by atoms with E-state index in [1.807, 2.05) is 30.3 Å². The molecule has 92 valence electrons. The summed E-state index contributed by atoms with van der Waals surface area (Å²) in [6, 6.07) is 9.18. The van der Waals surface area contributed by atoms with Crippen LogP contribution in [0.4, 0.5) is 5.69 Å². The number of carbonyl (C=O) groups is 2. The van der Waals surface area contributed by atoms with E-state index in [-0.39, 0.29) is 24.8 Å². The molecule has 0 bridgehead atoms. The van der Waals surface area contributed by atoms with Gasteiger partial charge in [-0.2, -0.15) is 5.26 Å². The maximum atomic E-state index is 11.9. The molecule has 2 amide bonds. The molecule has 0 spiro atoms. The van der Waals surface area contributed by atoms with Crippen molar-refractivity contribution in [1.82, 2.24) is 5.32 Å². The van der Waals surface area contributed by atoms with E-state index in [9.17, 15) is 9.59 Å². The van der Waals surface area contributed by atoms with Crippen LogP contribution in [-0.4, -0.2) is 25.4 Å². The Labute approximate surface area is 105 Å². The van der Waals surface area contributed by atoms with Gasteiger partial charge in [-0.05, 0) is 11.6 Å². The third-order valence-corrected chi connectivity index (χ3v) is 3.08. The first-order valence-corrected chi connectivity index (χ1v) is 5.65. The molecule has 1 aliphatic rings. The van der Waals surface area contributed by atoms with Crippen LogP contribution in [0.5, 0.6) is 0 Å². The predicted octanol–water partition coefficient (Wildman–Crippen LogP) is 0.776. The highest BCUT2D eigenvalue weighted by atomic mass is 16.2. The number of nitrogens with zero attached hydrogens (tertiary/aromatic N) is 2. The van der Waals surface area contributed by atoms with Crippen LogP contribution in [0.1, 0.15) is 17.9 Å². The minimum absolute atomic E-state index is 0.0401. The van der Waals surface area contributed by atoms with Gasteiger partial charge in [-0.1, -0.05) is 18.2 Å². The van der Waals surface area contributed by atoms with Gasteiger partial charge in [-0.3, -0.25) is 9.59 Å².